The van der Waals surface area contributed by atoms with Gasteiger partial charge in [-0.2, -0.15) is 0 Å². The molecule has 0 unspecified atom stereocenters. The number of phenolic OH excluding ortho intramolecular Hbond substituents is 1. The molecular weight excluding hydrogens is 428 g/mol. The molecule has 2 aliphatic heterocycles. The maximum Gasteiger partial charge on any atom is 0.311 e. The topological polar surface area (TPSA) is 151 Å². The van der Waals surface area contributed by atoms with E-state index in [0.29, 0.717) is 43.1 Å². The number of aromatic hydroxyl groups is 1. The van der Waals surface area contributed by atoms with Crippen LogP contribution in [0.2, 0.25) is 0 Å². The third-order valence-corrected chi connectivity index (χ3v) is 6.22. The summed E-state index contributed by atoms with van der Waals surface area (Å²) in [5.41, 5.74) is 0.736. The molecule has 3 N–H and O–H groups in total. The summed E-state index contributed by atoms with van der Waals surface area (Å²) in [5, 5.41) is 24.8. The number of nitro groups is 1. The van der Waals surface area contributed by atoms with E-state index in [9.17, 15) is 28.4 Å². The van der Waals surface area contributed by atoms with Crippen molar-refractivity contribution in [2.75, 3.05) is 31.6 Å². The number of sulfonamides is 1. The first-order chi connectivity index (χ1) is 14.7. The van der Waals surface area contributed by atoms with Crippen molar-refractivity contribution in [3.63, 3.8) is 0 Å². The van der Waals surface area contributed by atoms with E-state index < -0.39 is 32.3 Å². The summed E-state index contributed by atoms with van der Waals surface area (Å²) in [6.07, 6.45) is 1.40. The minimum absolute atomic E-state index is 0.0307. The average molecular weight is 446 g/mol. The van der Waals surface area contributed by atoms with Crippen LogP contribution in [0, 0.1) is 10.1 Å². The molecular formula is C19H18N4O7S. The van der Waals surface area contributed by atoms with Crippen LogP contribution in [0.25, 0.3) is 11.6 Å². The summed E-state index contributed by atoms with van der Waals surface area (Å²) in [7, 11) is -3.89. The normalized spacial score (nSPS) is 18.1. The van der Waals surface area contributed by atoms with Crippen LogP contribution in [0.4, 0.5) is 11.4 Å². The molecule has 2 aromatic carbocycles. The summed E-state index contributed by atoms with van der Waals surface area (Å²) < 4.78 is 30.8. The number of fused-ring (bicyclic) bond motifs is 1. The number of phenols is 1. The number of anilines is 1. The number of nitrogens with zero attached hydrogens (tertiary/aromatic N) is 2. The molecule has 1 fully saturated rings. The second-order valence-electron chi connectivity index (χ2n) is 6.92. The van der Waals surface area contributed by atoms with Crippen molar-refractivity contribution >= 4 is 39.0 Å². The molecule has 0 radical (unpaired) electrons. The fourth-order valence-electron chi connectivity index (χ4n) is 3.30. The summed E-state index contributed by atoms with van der Waals surface area (Å²) in [4.78, 5) is 25.2. The third-order valence-electron chi connectivity index (χ3n) is 4.85. The molecule has 0 saturated carbocycles. The Labute approximate surface area is 177 Å². The molecule has 31 heavy (non-hydrogen) atoms. The smallest absolute Gasteiger partial charge is 0.311 e. The van der Waals surface area contributed by atoms with Gasteiger partial charge in [0.2, 0.25) is 0 Å². The fraction of sp³-hybridized carbons (Fsp3) is 0.211. The van der Waals surface area contributed by atoms with Crippen LogP contribution < -0.4 is 10.1 Å². The molecule has 4 rings (SSSR count). The van der Waals surface area contributed by atoms with E-state index in [1.807, 2.05) is 0 Å². The molecule has 1 amide bonds. The number of carbonyl (C=O) groups excluding carboxylic acids is 1. The highest BCUT2D eigenvalue weighted by molar-refractivity contribution is 7.89. The number of ether oxygens (including phenoxy) is 1. The molecule has 12 heteroatoms. The van der Waals surface area contributed by atoms with E-state index >= 15 is 0 Å². The molecule has 0 aliphatic carbocycles. The predicted molar refractivity (Wildman–Crippen MR) is 110 cm³/mol. The van der Waals surface area contributed by atoms with Crippen molar-refractivity contribution < 1.29 is 28.0 Å². The van der Waals surface area contributed by atoms with Gasteiger partial charge in [-0.3, -0.25) is 14.9 Å². The third kappa shape index (κ3) is 4.27. The molecule has 162 valence electrons. The Morgan fingerprint density at radius 2 is 1.94 bits per heavy atom. The molecule has 11 nitrogen and oxygen atoms in total. The first-order valence-electron chi connectivity index (χ1n) is 9.24. The highest BCUT2D eigenvalue weighted by Gasteiger charge is 2.28. The van der Waals surface area contributed by atoms with Gasteiger partial charge in [-0.05, 0) is 35.9 Å². The highest BCUT2D eigenvalue weighted by Crippen LogP contribution is 2.36. The number of morpholine rings is 1. The molecule has 0 bridgehead atoms. The van der Waals surface area contributed by atoms with Gasteiger partial charge in [-0.15, -0.1) is 4.83 Å². The number of hydrazine groups is 1. The number of hydrogen-bond donors (Lipinski definition) is 3. The summed E-state index contributed by atoms with van der Waals surface area (Å²) in [5.74, 6) is -0.965. The van der Waals surface area contributed by atoms with Crippen LogP contribution in [0.15, 0.2) is 41.3 Å². The van der Waals surface area contributed by atoms with Crippen LogP contribution in [-0.2, 0) is 19.6 Å². The molecule has 2 aliphatic rings. The number of rotatable bonds is 5. The van der Waals surface area contributed by atoms with Crippen molar-refractivity contribution in [1.29, 1.82) is 0 Å². The maximum absolute atomic E-state index is 12.8. The number of nitrogens with one attached hydrogen (secondary N) is 2. The van der Waals surface area contributed by atoms with Gasteiger partial charge in [0.25, 0.3) is 15.9 Å². The van der Waals surface area contributed by atoms with Crippen molar-refractivity contribution in [2.24, 2.45) is 0 Å². The fourth-order valence-corrected chi connectivity index (χ4v) is 4.45. The van der Waals surface area contributed by atoms with Gasteiger partial charge in [0, 0.05) is 36.0 Å². The first-order valence-corrected chi connectivity index (χ1v) is 10.7. The second kappa shape index (κ2) is 8.07. The van der Waals surface area contributed by atoms with Crippen LogP contribution in [-0.4, -0.2) is 55.7 Å². The molecule has 0 atom stereocenters. The first kappa shape index (κ1) is 20.9. The highest BCUT2D eigenvalue weighted by atomic mass is 32.2. The zero-order chi connectivity index (χ0) is 22.2. The van der Waals surface area contributed by atoms with E-state index in [0.717, 1.165) is 12.1 Å². The Balaban J connectivity index is 1.69. The molecule has 0 spiro atoms. The standard InChI is InChI=1S/C19H18N4O7S/c24-18-4-1-12(10-17(18)23(26)27)9-15-14-11-13(2-3-16(14)20-19(15)25)31(28,29)21-22-5-7-30-8-6-22/h1-4,9-11,21,24H,5-8H2,(H,20,25). The minimum Gasteiger partial charge on any atom is -0.502 e. The quantitative estimate of drug-likeness (QED) is 0.353. The van der Waals surface area contributed by atoms with Gasteiger partial charge in [0.05, 0.1) is 23.0 Å². The minimum atomic E-state index is -3.89. The summed E-state index contributed by atoms with van der Waals surface area (Å²) in [6.45, 7) is 1.65. The Morgan fingerprint density at radius 1 is 1.19 bits per heavy atom. The maximum atomic E-state index is 12.8. The van der Waals surface area contributed by atoms with Crippen molar-refractivity contribution in [3.05, 3.63) is 57.6 Å². The lowest BCUT2D eigenvalue weighted by atomic mass is 10.0. The lowest BCUT2D eigenvalue weighted by molar-refractivity contribution is -0.385. The van der Waals surface area contributed by atoms with Crippen molar-refractivity contribution in [1.82, 2.24) is 9.84 Å². The number of carbonyl (C=O) groups is 1. The second-order valence-corrected chi connectivity index (χ2v) is 8.58. The van der Waals surface area contributed by atoms with Gasteiger partial charge in [0.15, 0.2) is 5.75 Å². The predicted octanol–water partition coefficient (Wildman–Crippen LogP) is 1.32. The summed E-state index contributed by atoms with van der Waals surface area (Å²) >= 11 is 0. The number of amides is 1. The van der Waals surface area contributed by atoms with Crippen molar-refractivity contribution in [3.8, 4) is 5.75 Å². The number of nitro benzene ring substituents is 1. The van der Waals surface area contributed by atoms with Gasteiger partial charge in [-0.25, -0.2) is 13.4 Å². The van der Waals surface area contributed by atoms with Gasteiger partial charge in [0.1, 0.15) is 0 Å². The van der Waals surface area contributed by atoms with E-state index in [2.05, 4.69) is 10.1 Å². The van der Waals surface area contributed by atoms with E-state index in [4.69, 9.17) is 4.74 Å². The monoisotopic (exact) mass is 446 g/mol. The number of benzene rings is 2. The Morgan fingerprint density at radius 3 is 2.65 bits per heavy atom. The zero-order valence-electron chi connectivity index (χ0n) is 16.1. The van der Waals surface area contributed by atoms with E-state index in [-0.39, 0.29) is 10.5 Å². The lowest BCUT2D eigenvalue weighted by Crippen LogP contribution is -2.48. The van der Waals surface area contributed by atoms with Gasteiger partial charge in [-0.1, -0.05) is 6.07 Å². The van der Waals surface area contributed by atoms with Crippen LogP contribution >= 0.6 is 0 Å². The zero-order valence-corrected chi connectivity index (χ0v) is 16.9. The molecule has 2 aromatic rings. The van der Waals surface area contributed by atoms with E-state index in [1.165, 1.54) is 30.3 Å². The van der Waals surface area contributed by atoms with Gasteiger partial charge < -0.3 is 15.2 Å². The van der Waals surface area contributed by atoms with Crippen LogP contribution in [0.1, 0.15) is 11.1 Å². The lowest BCUT2D eigenvalue weighted by Gasteiger charge is -2.26. The molecule has 0 aromatic heterocycles. The Bertz CT molecular complexity index is 1200. The van der Waals surface area contributed by atoms with Crippen molar-refractivity contribution in [2.45, 2.75) is 4.90 Å². The largest absolute Gasteiger partial charge is 0.502 e. The van der Waals surface area contributed by atoms with Crippen LogP contribution in [0.3, 0.4) is 0 Å². The Hall–Kier alpha value is -3.32. The number of hydrogen-bond acceptors (Lipinski definition) is 8. The average Bonchev–Trinajstić information content (AvgIpc) is 3.04. The van der Waals surface area contributed by atoms with E-state index in [1.54, 1.807) is 5.01 Å². The van der Waals surface area contributed by atoms with Gasteiger partial charge >= 0.3 is 5.69 Å². The molecule has 1 saturated heterocycles. The SMILES string of the molecule is O=C1Nc2ccc(S(=O)(=O)NN3CCOCC3)cc2C1=Cc1ccc(O)c([N+](=O)[O-])c1. The van der Waals surface area contributed by atoms with Crippen LogP contribution in [0.5, 0.6) is 5.75 Å². The Kier molecular flexibility index (Phi) is 5.45. The summed E-state index contributed by atoms with van der Waals surface area (Å²) in [6, 6.07) is 7.95. The molecule has 2 heterocycles.